The van der Waals surface area contributed by atoms with E-state index < -0.39 is 0 Å². The number of unbranched alkanes of at least 4 members (excludes halogenated alkanes) is 2. The quantitative estimate of drug-likeness (QED) is 0.366. The molecule has 0 atom stereocenters. The molecule has 4 N–H and O–H groups in total. The highest BCUT2D eigenvalue weighted by Gasteiger charge is 2.12. The molecule has 5 heteroatoms. The van der Waals surface area contributed by atoms with Crippen molar-refractivity contribution in [2.45, 2.75) is 46.5 Å². The smallest absolute Gasteiger partial charge is 0.139 e. The molecule has 0 spiro atoms. The largest absolute Gasteiger partial charge is 0.506 e. The van der Waals surface area contributed by atoms with Crippen LogP contribution in [0.15, 0.2) is 30.3 Å². The van der Waals surface area contributed by atoms with Crippen molar-refractivity contribution in [1.82, 2.24) is 0 Å². The first-order valence-electron chi connectivity index (χ1n) is 9.37. The van der Waals surface area contributed by atoms with Gasteiger partial charge in [0, 0.05) is 24.5 Å². The lowest BCUT2D eigenvalue weighted by Gasteiger charge is -2.25. The van der Waals surface area contributed by atoms with Crippen molar-refractivity contribution in [1.29, 1.82) is 0 Å². The number of aromatic hydroxyl groups is 1. The van der Waals surface area contributed by atoms with Crippen LogP contribution in [0, 0.1) is 6.92 Å². The highest BCUT2D eigenvalue weighted by Crippen LogP contribution is 2.39. The van der Waals surface area contributed by atoms with E-state index in [-0.39, 0.29) is 10.8 Å². The molecule has 0 bridgehead atoms. The summed E-state index contributed by atoms with van der Waals surface area (Å²) < 4.78 is 0. The number of nitrogens with two attached hydrogens (primary N) is 1. The second-order valence-electron chi connectivity index (χ2n) is 6.68. The van der Waals surface area contributed by atoms with E-state index in [2.05, 4.69) is 48.3 Å². The molecule has 0 aromatic heterocycles. The van der Waals surface area contributed by atoms with E-state index in [1.54, 1.807) is 13.0 Å². The molecule has 4 nitrogen and oxygen atoms in total. The van der Waals surface area contributed by atoms with Crippen LogP contribution in [0.25, 0.3) is 0 Å². The Balaban J connectivity index is 2.16. The topological polar surface area (TPSA) is 61.5 Å². The monoisotopic (exact) mass is 375 g/mol. The summed E-state index contributed by atoms with van der Waals surface area (Å²) in [6.07, 6.45) is 4.79. The summed E-state index contributed by atoms with van der Waals surface area (Å²) in [7, 11) is 0. The average molecular weight is 376 g/mol. The van der Waals surface area contributed by atoms with Gasteiger partial charge in [0.05, 0.1) is 11.4 Å². The lowest BCUT2D eigenvalue weighted by molar-refractivity contribution is 0.472. The highest BCUT2D eigenvalue weighted by molar-refractivity contribution is 6.35. The Morgan fingerprint density at radius 2 is 1.65 bits per heavy atom. The number of benzene rings is 2. The highest BCUT2D eigenvalue weighted by atomic mass is 35.5. The van der Waals surface area contributed by atoms with Crippen LogP contribution in [0.3, 0.4) is 0 Å². The molecular weight excluding hydrogens is 346 g/mol. The molecule has 2 rings (SSSR count). The van der Waals surface area contributed by atoms with Crippen molar-refractivity contribution in [3.63, 3.8) is 0 Å². The van der Waals surface area contributed by atoms with E-state index in [0.29, 0.717) is 16.9 Å². The van der Waals surface area contributed by atoms with Crippen LogP contribution < -0.4 is 16.0 Å². The summed E-state index contributed by atoms with van der Waals surface area (Å²) in [5.74, 6) is 0.0348. The maximum atomic E-state index is 9.87. The minimum atomic E-state index is 0.0348. The third kappa shape index (κ3) is 4.98. The van der Waals surface area contributed by atoms with Crippen LogP contribution in [0.1, 0.15) is 45.1 Å². The second-order valence-corrected chi connectivity index (χ2v) is 7.06. The maximum Gasteiger partial charge on any atom is 0.139 e. The van der Waals surface area contributed by atoms with Crippen LogP contribution in [-0.4, -0.2) is 18.2 Å². The minimum absolute atomic E-state index is 0.0348. The SMILES string of the molecule is CCCCN(CCCC)c1ccc(Nc2cc(C)c(O)c(Cl)c2N)cc1. The van der Waals surface area contributed by atoms with Gasteiger partial charge < -0.3 is 21.1 Å². The predicted octanol–water partition coefficient (Wildman–Crippen LogP) is 6.09. The Morgan fingerprint density at radius 3 is 2.19 bits per heavy atom. The molecule has 142 valence electrons. The third-order valence-electron chi connectivity index (χ3n) is 4.54. The number of phenolic OH excluding ortho intramolecular Hbond substituents is 1. The van der Waals surface area contributed by atoms with Gasteiger partial charge in [0.25, 0.3) is 0 Å². The average Bonchev–Trinajstić information content (AvgIpc) is 2.65. The second kappa shape index (κ2) is 9.58. The molecule has 0 saturated heterocycles. The zero-order valence-corrected chi connectivity index (χ0v) is 16.7. The molecule has 0 fully saturated rings. The van der Waals surface area contributed by atoms with E-state index >= 15 is 0 Å². The van der Waals surface area contributed by atoms with Gasteiger partial charge in [-0.3, -0.25) is 0 Å². The number of anilines is 4. The molecule has 2 aromatic rings. The summed E-state index contributed by atoms with van der Waals surface area (Å²) in [6, 6.07) is 10.2. The van der Waals surface area contributed by atoms with Gasteiger partial charge in [-0.05, 0) is 55.7 Å². The predicted molar refractivity (Wildman–Crippen MR) is 114 cm³/mol. The van der Waals surface area contributed by atoms with Crippen molar-refractivity contribution in [2.24, 2.45) is 0 Å². The fraction of sp³-hybridized carbons (Fsp3) is 0.429. The first-order valence-corrected chi connectivity index (χ1v) is 9.75. The number of hydrogen-bond donors (Lipinski definition) is 3. The molecular formula is C21H30ClN3O. The Labute approximate surface area is 162 Å². The van der Waals surface area contributed by atoms with Crippen LogP contribution >= 0.6 is 11.6 Å². The van der Waals surface area contributed by atoms with E-state index in [1.807, 2.05) is 0 Å². The molecule has 0 amide bonds. The Bertz CT molecular complexity index is 708. The summed E-state index contributed by atoms with van der Waals surface area (Å²) in [6.45, 7) is 8.42. The lowest BCUT2D eigenvalue weighted by Crippen LogP contribution is -2.25. The molecule has 2 aromatic carbocycles. The number of nitrogen functional groups attached to an aromatic ring is 1. The van der Waals surface area contributed by atoms with Crippen molar-refractivity contribution < 1.29 is 5.11 Å². The van der Waals surface area contributed by atoms with Gasteiger partial charge in [-0.2, -0.15) is 0 Å². The van der Waals surface area contributed by atoms with Crippen molar-refractivity contribution >= 4 is 34.4 Å². The fourth-order valence-electron chi connectivity index (χ4n) is 2.86. The first kappa shape index (κ1) is 20.2. The first-order chi connectivity index (χ1) is 12.5. The Hall–Kier alpha value is -2.07. The minimum Gasteiger partial charge on any atom is -0.506 e. The van der Waals surface area contributed by atoms with Crippen molar-refractivity contribution in [3.8, 4) is 5.75 Å². The molecule has 26 heavy (non-hydrogen) atoms. The number of phenols is 1. The Morgan fingerprint density at radius 1 is 1.08 bits per heavy atom. The Kier molecular flexibility index (Phi) is 7.46. The van der Waals surface area contributed by atoms with Crippen LogP contribution in [0.5, 0.6) is 5.75 Å². The fourth-order valence-corrected chi connectivity index (χ4v) is 3.11. The van der Waals surface area contributed by atoms with Crippen LogP contribution in [-0.2, 0) is 0 Å². The van der Waals surface area contributed by atoms with Crippen LogP contribution in [0.2, 0.25) is 5.02 Å². The van der Waals surface area contributed by atoms with Crippen molar-refractivity contribution in [2.75, 3.05) is 29.0 Å². The van der Waals surface area contributed by atoms with Crippen LogP contribution in [0.4, 0.5) is 22.7 Å². The molecule has 0 heterocycles. The number of aryl methyl sites for hydroxylation is 1. The zero-order valence-electron chi connectivity index (χ0n) is 16.0. The third-order valence-corrected chi connectivity index (χ3v) is 4.93. The molecule has 0 radical (unpaired) electrons. The van der Waals surface area contributed by atoms with E-state index in [9.17, 15) is 5.11 Å². The molecule has 0 aliphatic rings. The molecule has 0 unspecified atom stereocenters. The lowest BCUT2D eigenvalue weighted by atomic mass is 10.1. The maximum absolute atomic E-state index is 9.87. The molecule has 0 aliphatic carbocycles. The van der Waals surface area contributed by atoms with Crippen molar-refractivity contribution in [3.05, 3.63) is 40.9 Å². The van der Waals surface area contributed by atoms with Gasteiger partial charge in [0.15, 0.2) is 0 Å². The van der Waals surface area contributed by atoms with Gasteiger partial charge >= 0.3 is 0 Å². The summed E-state index contributed by atoms with van der Waals surface area (Å²) in [4.78, 5) is 2.45. The summed E-state index contributed by atoms with van der Waals surface area (Å²) in [5, 5.41) is 13.4. The van der Waals surface area contributed by atoms with E-state index in [4.69, 9.17) is 17.3 Å². The molecule has 0 aliphatic heterocycles. The van der Waals surface area contributed by atoms with Gasteiger partial charge in [-0.1, -0.05) is 38.3 Å². The van der Waals surface area contributed by atoms with Gasteiger partial charge in [-0.25, -0.2) is 0 Å². The molecule has 0 saturated carbocycles. The van der Waals surface area contributed by atoms with E-state index in [0.717, 1.165) is 18.8 Å². The number of halogens is 1. The standard InChI is InChI=1S/C21H30ClN3O/c1-4-6-12-25(13-7-5-2)17-10-8-16(9-11-17)24-18-14-15(3)21(26)19(22)20(18)23/h8-11,14,24,26H,4-7,12-13,23H2,1-3H3. The van der Waals surface area contributed by atoms with E-state index in [1.165, 1.54) is 31.4 Å². The van der Waals surface area contributed by atoms with Gasteiger partial charge in [0.2, 0.25) is 0 Å². The van der Waals surface area contributed by atoms with Gasteiger partial charge in [-0.15, -0.1) is 0 Å². The normalized spacial score (nSPS) is 10.8. The summed E-state index contributed by atoms with van der Waals surface area (Å²) in [5.41, 5.74) is 9.95. The number of hydrogen-bond acceptors (Lipinski definition) is 4. The summed E-state index contributed by atoms with van der Waals surface area (Å²) >= 11 is 6.10. The van der Waals surface area contributed by atoms with Gasteiger partial charge in [0.1, 0.15) is 10.8 Å². The number of nitrogens with zero attached hydrogens (tertiary/aromatic N) is 1. The zero-order chi connectivity index (χ0) is 19.1. The number of rotatable bonds is 9. The number of nitrogens with one attached hydrogen (secondary N) is 1.